The fourth-order valence-corrected chi connectivity index (χ4v) is 4.57. The van der Waals surface area contributed by atoms with Gasteiger partial charge in [-0.1, -0.05) is 0 Å². The summed E-state index contributed by atoms with van der Waals surface area (Å²) in [6, 6.07) is 0. The van der Waals surface area contributed by atoms with Gasteiger partial charge in [0.15, 0.2) is 0 Å². The van der Waals surface area contributed by atoms with Gasteiger partial charge >= 0.3 is 0 Å². The third-order valence-electron chi connectivity index (χ3n) is 1.65. The van der Waals surface area contributed by atoms with Crippen LogP contribution in [0.3, 0.4) is 0 Å². The van der Waals surface area contributed by atoms with E-state index in [2.05, 4.69) is 79.6 Å². The Bertz CT molecular complexity index is 565. The van der Waals surface area contributed by atoms with E-state index in [1.807, 2.05) is 0 Å². The zero-order chi connectivity index (χ0) is 13.4. The molecule has 17 heavy (non-hydrogen) atoms. The molecule has 1 N–H and O–H groups in total. The Morgan fingerprint density at radius 1 is 0.824 bits per heavy atom. The Hall–Kier alpha value is 1.27. The van der Waals surface area contributed by atoms with E-state index in [9.17, 15) is 8.42 Å². The molecule has 0 aliphatic carbocycles. The van der Waals surface area contributed by atoms with Gasteiger partial charge in [-0.2, -0.15) is 8.42 Å². The van der Waals surface area contributed by atoms with Crippen molar-refractivity contribution < 1.29 is 13.0 Å². The predicted octanol–water partition coefficient (Wildman–Crippen LogP) is 5.36. The fourth-order valence-electron chi connectivity index (χ4n) is 0.922. The second kappa shape index (κ2) is 6.15. The smallest absolute Gasteiger partial charge is 0.282 e. The van der Waals surface area contributed by atoms with E-state index in [1.165, 1.54) is 6.08 Å². The minimum absolute atomic E-state index is 0.574. The Labute approximate surface area is 140 Å². The van der Waals surface area contributed by atoms with Gasteiger partial charge in [-0.05, 0) is 85.7 Å². The summed E-state index contributed by atoms with van der Waals surface area (Å²) in [5.41, 5.74) is 0.574. The van der Waals surface area contributed by atoms with Gasteiger partial charge in [0.05, 0.1) is 5.41 Å². The van der Waals surface area contributed by atoms with E-state index < -0.39 is 10.1 Å². The van der Waals surface area contributed by atoms with Crippen LogP contribution in [0.5, 0.6) is 0 Å². The molecular weight excluding hydrogens is 576 g/mol. The molecule has 0 heterocycles. The molecule has 0 saturated carbocycles. The molecule has 0 fully saturated rings. The summed E-state index contributed by atoms with van der Waals surface area (Å²) in [4.78, 5) is 0. The molecule has 3 nitrogen and oxygen atoms in total. The lowest BCUT2D eigenvalue weighted by Crippen LogP contribution is -1.91. The first-order valence-electron chi connectivity index (χ1n) is 3.82. The topological polar surface area (TPSA) is 54.4 Å². The van der Waals surface area contributed by atoms with E-state index >= 15 is 0 Å². The van der Waals surface area contributed by atoms with E-state index in [4.69, 9.17) is 4.55 Å². The van der Waals surface area contributed by atoms with Crippen LogP contribution in [0.25, 0.3) is 6.08 Å². The Balaban J connectivity index is 3.51. The maximum Gasteiger partial charge on any atom is 0.287 e. The van der Waals surface area contributed by atoms with Crippen LogP contribution in [0.15, 0.2) is 27.8 Å². The van der Waals surface area contributed by atoms with Crippen LogP contribution in [-0.2, 0) is 10.1 Å². The molecule has 0 bridgehead atoms. The van der Waals surface area contributed by atoms with Crippen molar-refractivity contribution in [3.05, 3.63) is 33.3 Å². The van der Waals surface area contributed by atoms with Gasteiger partial charge in [0.1, 0.15) is 0 Å². The monoisotopic (exact) mass is 574 g/mol. The van der Waals surface area contributed by atoms with Crippen LogP contribution < -0.4 is 0 Å². The number of halogens is 5. The van der Waals surface area contributed by atoms with Gasteiger partial charge in [-0.25, -0.2) is 0 Å². The molecule has 0 atom stereocenters. The minimum Gasteiger partial charge on any atom is -0.282 e. The Kier molecular flexibility index (Phi) is 5.90. The van der Waals surface area contributed by atoms with Crippen LogP contribution in [0.4, 0.5) is 0 Å². The number of rotatable bonds is 2. The molecule has 0 aromatic heterocycles. The van der Waals surface area contributed by atoms with Gasteiger partial charge in [-0.3, -0.25) is 4.55 Å². The summed E-state index contributed by atoms with van der Waals surface area (Å²) in [7, 11) is -4.16. The molecule has 94 valence electrons. The second-order valence-electron chi connectivity index (χ2n) is 2.80. The molecule has 0 aliphatic heterocycles. The van der Waals surface area contributed by atoms with Crippen molar-refractivity contribution in [1.29, 1.82) is 0 Å². The van der Waals surface area contributed by atoms with Gasteiger partial charge in [0.25, 0.3) is 10.1 Å². The molecule has 9 heteroatoms. The van der Waals surface area contributed by atoms with Crippen molar-refractivity contribution in [2.45, 2.75) is 0 Å². The molecule has 0 spiro atoms. The highest BCUT2D eigenvalue weighted by Crippen LogP contribution is 2.44. The molecule has 1 rings (SSSR count). The standard InChI is InChI=1S/C8H3Br5O3S/c9-4-3(1-2-17(14,15)16)5(10)7(12)8(13)6(4)11/h1-2H,(H,14,15,16). The highest BCUT2D eigenvalue weighted by molar-refractivity contribution is 9.15. The van der Waals surface area contributed by atoms with Crippen molar-refractivity contribution in [1.82, 2.24) is 0 Å². The lowest BCUT2D eigenvalue weighted by atomic mass is 10.2. The average molecular weight is 579 g/mol. The minimum atomic E-state index is -4.16. The summed E-state index contributed by atoms with van der Waals surface area (Å²) >= 11 is 16.7. The third-order valence-corrected chi connectivity index (χ3v) is 8.29. The zero-order valence-corrected chi connectivity index (χ0v) is 16.5. The lowest BCUT2D eigenvalue weighted by Gasteiger charge is -2.10. The molecule has 0 unspecified atom stereocenters. The van der Waals surface area contributed by atoms with Gasteiger partial charge in [0, 0.05) is 27.9 Å². The number of hydrogen-bond acceptors (Lipinski definition) is 2. The van der Waals surface area contributed by atoms with Gasteiger partial charge in [-0.15, -0.1) is 0 Å². The van der Waals surface area contributed by atoms with Crippen LogP contribution in [0.2, 0.25) is 0 Å². The van der Waals surface area contributed by atoms with Crippen LogP contribution >= 0.6 is 79.6 Å². The predicted molar refractivity (Wildman–Crippen MR) is 85.5 cm³/mol. The first kappa shape index (κ1) is 16.3. The number of benzene rings is 1. The molecule has 0 amide bonds. The summed E-state index contributed by atoms with van der Waals surface area (Å²) in [5.74, 6) is 0. The van der Waals surface area contributed by atoms with E-state index in [1.54, 1.807) is 0 Å². The van der Waals surface area contributed by atoms with E-state index in [-0.39, 0.29) is 0 Å². The maximum atomic E-state index is 10.7. The Morgan fingerprint density at radius 2 is 1.18 bits per heavy atom. The molecule has 0 aliphatic rings. The first-order chi connectivity index (χ1) is 7.65. The molecule has 0 radical (unpaired) electrons. The van der Waals surface area contributed by atoms with E-state index in [0.29, 0.717) is 19.9 Å². The summed E-state index contributed by atoms with van der Waals surface area (Å²) in [6.45, 7) is 0. The third kappa shape index (κ3) is 4.12. The van der Waals surface area contributed by atoms with Crippen LogP contribution in [-0.4, -0.2) is 13.0 Å². The lowest BCUT2D eigenvalue weighted by molar-refractivity contribution is 0.494. The normalized spacial score (nSPS) is 12.4. The van der Waals surface area contributed by atoms with Gasteiger partial charge < -0.3 is 0 Å². The first-order valence-corrected chi connectivity index (χ1v) is 9.29. The molecular formula is C8H3Br5O3S. The highest BCUT2D eigenvalue weighted by atomic mass is 79.9. The van der Waals surface area contributed by atoms with Crippen molar-refractivity contribution in [2.24, 2.45) is 0 Å². The molecule has 0 saturated heterocycles. The van der Waals surface area contributed by atoms with Crippen LogP contribution in [0, 0.1) is 0 Å². The Morgan fingerprint density at radius 3 is 1.53 bits per heavy atom. The average Bonchev–Trinajstić information content (AvgIpc) is 2.22. The summed E-state index contributed by atoms with van der Waals surface area (Å²) in [5, 5.41) is 0.713. The maximum absolute atomic E-state index is 10.7. The van der Waals surface area contributed by atoms with Crippen molar-refractivity contribution >= 4 is 95.8 Å². The van der Waals surface area contributed by atoms with Crippen molar-refractivity contribution in [3.63, 3.8) is 0 Å². The highest BCUT2D eigenvalue weighted by Gasteiger charge is 2.16. The van der Waals surface area contributed by atoms with Gasteiger partial charge in [0.2, 0.25) is 0 Å². The van der Waals surface area contributed by atoms with Crippen molar-refractivity contribution in [2.75, 3.05) is 0 Å². The largest absolute Gasteiger partial charge is 0.287 e. The summed E-state index contributed by atoms with van der Waals surface area (Å²) < 4.78 is 33.5. The quantitative estimate of drug-likeness (QED) is 0.292. The van der Waals surface area contributed by atoms with Crippen molar-refractivity contribution in [3.8, 4) is 0 Å². The van der Waals surface area contributed by atoms with Crippen LogP contribution in [0.1, 0.15) is 5.56 Å². The second-order valence-corrected chi connectivity index (χ2v) is 8.07. The molecule has 1 aromatic rings. The number of hydrogen-bond donors (Lipinski definition) is 1. The van der Waals surface area contributed by atoms with E-state index in [0.717, 1.165) is 13.4 Å². The zero-order valence-electron chi connectivity index (χ0n) is 7.72. The SMILES string of the molecule is O=S(=O)(O)C=Cc1c(Br)c(Br)c(Br)c(Br)c1Br. The molecule has 1 aromatic carbocycles. The fraction of sp³-hybridized carbons (Fsp3) is 0. The summed E-state index contributed by atoms with van der Waals surface area (Å²) in [6.07, 6.45) is 1.28.